The molecule has 18 heavy (non-hydrogen) atoms. The quantitative estimate of drug-likeness (QED) is 0.468. The molecule has 0 aliphatic heterocycles. The fourth-order valence-electron chi connectivity index (χ4n) is 1.11. The van der Waals surface area contributed by atoms with E-state index in [-0.39, 0.29) is 6.29 Å². The molecule has 1 heterocycles. The van der Waals surface area contributed by atoms with Gasteiger partial charge in [-0.05, 0) is 0 Å². The van der Waals surface area contributed by atoms with Crippen LogP contribution in [-0.4, -0.2) is 29.7 Å². The Morgan fingerprint density at radius 1 is 1.44 bits per heavy atom. The van der Waals surface area contributed by atoms with Crippen LogP contribution in [0.5, 0.6) is 11.5 Å². The molecule has 0 unspecified atom stereocenters. The van der Waals surface area contributed by atoms with Gasteiger partial charge in [0.05, 0.1) is 12.0 Å². The van der Waals surface area contributed by atoms with Gasteiger partial charge in [0.2, 0.25) is 11.5 Å². The van der Waals surface area contributed by atoms with Crippen LogP contribution < -0.4 is 9.47 Å². The van der Waals surface area contributed by atoms with E-state index < -0.39 is 34.2 Å². The fourth-order valence-corrected chi connectivity index (χ4v) is 1.11. The molecule has 1 rings (SSSR count). The monoisotopic (exact) mass is 266 g/mol. The van der Waals surface area contributed by atoms with E-state index in [4.69, 9.17) is 0 Å². The number of halogens is 3. The van der Waals surface area contributed by atoms with Gasteiger partial charge in [-0.2, -0.15) is 0 Å². The van der Waals surface area contributed by atoms with Crippen LogP contribution in [0.3, 0.4) is 0 Å². The van der Waals surface area contributed by atoms with Crippen molar-refractivity contribution >= 4 is 12.0 Å². The molecular weight excluding hydrogens is 261 g/mol. The maximum Gasteiger partial charge on any atom is 0.573 e. The van der Waals surface area contributed by atoms with Crippen LogP contribution in [-0.2, 0) is 0 Å². The van der Waals surface area contributed by atoms with Crippen LogP contribution in [0.2, 0.25) is 0 Å². The normalized spacial score (nSPS) is 10.9. The van der Waals surface area contributed by atoms with E-state index in [1.54, 1.807) is 0 Å². The van der Waals surface area contributed by atoms with E-state index in [9.17, 15) is 28.1 Å². The summed E-state index contributed by atoms with van der Waals surface area (Å²) in [6.45, 7) is 0. The van der Waals surface area contributed by atoms with Gasteiger partial charge < -0.3 is 9.47 Å². The minimum Gasteiger partial charge on any atom is -0.487 e. The van der Waals surface area contributed by atoms with Crippen LogP contribution in [0, 0.1) is 10.1 Å². The number of alkyl halides is 3. The third-order valence-electron chi connectivity index (χ3n) is 1.73. The second kappa shape index (κ2) is 4.85. The van der Waals surface area contributed by atoms with Crippen molar-refractivity contribution < 1.29 is 32.4 Å². The molecule has 10 heteroatoms. The van der Waals surface area contributed by atoms with Crippen LogP contribution in [0.1, 0.15) is 10.5 Å². The second-order valence-corrected chi connectivity index (χ2v) is 2.81. The van der Waals surface area contributed by atoms with Crippen LogP contribution >= 0.6 is 0 Å². The third-order valence-corrected chi connectivity index (χ3v) is 1.73. The van der Waals surface area contributed by atoms with Gasteiger partial charge >= 0.3 is 12.0 Å². The molecule has 0 saturated carbocycles. The van der Waals surface area contributed by atoms with Crippen molar-refractivity contribution in [1.29, 1.82) is 0 Å². The third kappa shape index (κ3) is 2.84. The molecule has 0 aromatic carbocycles. The van der Waals surface area contributed by atoms with E-state index in [0.29, 0.717) is 6.20 Å². The largest absolute Gasteiger partial charge is 0.573 e. The van der Waals surface area contributed by atoms with Crippen molar-refractivity contribution in [3.8, 4) is 11.5 Å². The fraction of sp³-hybridized carbons (Fsp3) is 0.250. The molecule has 0 spiro atoms. The Bertz CT molecular complexity index is 488. The number of carbonyl (C=O) groups is 1. The van der Waals surface area contributed by atoms with Crippen LogP contribution in [0.25, 0.3) is 0 Å². The predicted molar refractivity (Wildman–Crippen MR) is 49.5 cm³/mol. The predicted octanol–water partition coefficient (Wildman–Crippen LogP) is 1.71. The minimum atomic E-state index is -5.14. The zero-order valence-electron chi connectivity index (χ0n) is 8.72. The average molecular weight is 266 g/mol. The number of aromatic nitrogens is 1. The second-order valence-electron chi connectivity index (χ2n) is 2.81. The summed E-state index contributed by atoms with van der Waals surface area (Å²) >= 11 is 0. The van der Waals surface area contributed by atoms with Crippen LogP contribution in [0.15, 0.2) is 6.20 Å². The molecule has 0 aliphatic rings. The lowest BCUT2D eigenvalue weighted by Gasteiger charge is -2.13. The van der Waals surface area contributed by atoms with E-state index in [0.717, 1.165) is 7.11 Å². The summed E-state index contributed by atoms with van der Waals surface area (Å²) in [6.07, 6.45) is -4.57. The van der Waals surface area contributed by atoms with E-state index in [1.165, 1.54) is 0 Å². The highest BCUT2D eigenvalue weighted by Gasteiger charge is 2.36. The SMILES string of the molecule is COc1c([N+](=O)[O-])cnc(C=O)c1OC(F)(F)F. The number of aldehydes is 1. The van der Waals surface area contributed by atoms with Gasteiger partial charge in [-0.1, -0.05) is 0 Å². The van der Waals surface area contributed by atoms with Gasteiger partial charge in [-0.25, -0.2) is 4.98 Å². The lowest BCUT2D eigenvalue weighted by atomic mass is 10.3. The topological polar surface area (TPSA) is 91.6 Å². The summed E-state index contributed by atoms with van der Waals surface area (Å²) in [7, 11) is 0.903. The molecular formula is C8H5F3N2O5. The molecule has 0 saturated heterocycles. The summed E-state index contributed by atoms with van der Waals surface area (Å²) in [5.74, 6) is -1.97. The Morgan fingerprint density at radius 2 is 2.06 bits per heavy atom. The molecule has 0 N–H and O–H groups in total. The van der Waals surface area contributed by atoms with Gasteiger partial charge in [-0.15, -0.1) is 13.2 Å². The molecule has 0 atom stereocenters. The highest BCUT2D eigenvalue weighted by atomic mass is 19.4. The summed E-state index contributed by atoms with van der Waals surface area (Å²) in [5.41, 5.74) is -1.60. The highest BCUT2D eigenvalue weighted by Crippen LogP contribution is 2.40. The number of hydrogen-bond donors (Lipinski definition) is 0. The lowest BCUT2D eigenvalue weighted by Crippen LogP contribution is -2.19. The Balaban J connectivity index is 3.46. The Kier molecular flexibility index (Phi) is 3.69. The van der Waals surface area contributed by atoms with Crippen molar-refractivity contribution in [3.63, 3.8) is 0 Å². The van der Waals surface area contributed by atoms with Crippen molar-refractivity contribution in [2.45, 2.75) is 6.36 Å². The number of nitrogens with zero attached hydrogens (tertiary/aromatic N) is 2. The molecule has 1 aromatic heterocycles. The molecule has 7 nitrogen and oxygen atoms in total. The van der Waals surface area contributed by atoms with Crippen molar-refractivity contribution in [2.75, 3.05) is 7.11 Å². The average Bonchev–Trinajstić information content (AvgIpc) is 2.26. The number of hydrogen-bond acceptors (Lipinski definition) is 6. The van der Waals surface area contributed by atoms with E-state index in [1.807, 2.05) is 0 Å². The highest BCUT2D eigenvalue weighted by molar-refractivity contribution is 5.80. The van der Waals surface area contributed by atoms with Crippen molar-refractivity contribution in [2.24, 2.45) is 0 Å². The number of rotatable bonds is 4. The molecule has 0 bridgehead atoms. The van der Waals surface area contributed by atoms with Gasteiger partial charge in [-0.3, -0.25) is 14.9 Å². The Hall–Kier alpha value is -2.39. The first-order valence-corrected chi connectivity index (χ1v) is 4.22. The number of nitro groups is 1. The van der Waals surface area contributed by atoms with Gasteiger partial charge in [0, 0.05) is 0 Å². The number of carbonyl (C=O) groups excluding carboxylic acids is 1. The number of pyridine rings is 1. The smallest absolute Gasteiger partial charge is 0.487 e. The summed E-state index contributed by atoms with van der Waals surface area (Å²) < 4.78 is 44.3. The van der Waals surface area contributed by atoms with E-state index >= 15 is 0 Å². The maximum atomic E-state index is 12.1. The first-order valence-electron chi connectivity index (χ1n) is 4.22. The number of methoxy groups -OCH3 is 1. The Morgan fingerprint density at radius 3 is 2.44 bits per heavy atom. The van der Waals surface area contributed by atoms with Gasteiger partial charge in [0.25, 0.3) is 0 Å². The molecule has 0 aliphatic carbocycles. The lowest BCUT2D eigenvalue weighted by molar-refractivity contribution is -0.386. The molecule has 0 amide bonds. The zero-order valence-corrected chi connectivity index (χ0v) is 8.72. The summed E-state index contributed by atoms with van der Waals surface area (Å²) in [6, 6.07) is 0. The molecule has 0 fully saturated rings. The maximum absolute atomic E-state index is 12.1. The van der Waals surface area contributed by atoms with Crippen molar-refractivity contribution in [1.82, 2.24) is 4.98 Å². The summed E-state index contributed by atoms with van der Waals surface area (Å²) in [5, 5.41) is 10.6. The summed E-state index contributed by atoms with van der Waals surface area (Å²) in [4.78, 5) is 23.3. The van der Waals surface area contributed by atoms with E-state index in [2.05, 4.69) is 14.5 Å². The van der Waals surface area contributed by atoms with Crippen molar-refractivity contribution in [3.05, 3.63) is 22.0 Å². The minimum absolute atomic E-state index is 0.0344. The standard InChI is InChI=1S/C8H5F3N2O5/c1-17-7-5(13(15)16)2-12-4(3-14)6(7)18-8(9,10)11/h2-3H,1H3. The van der Waals surface area contributed by atoms with Crippen LogP contribution in [0.4, 0.5) is 18.9 Å². The molecule has 98 valence electrons. The molecule has 1 aromatic rings. The number of ether oxygens (including phenoxy) is 2. The first-order chi connectivity index (χ1) is 8.30. The first kappa shape index (κ1) is 13.7. The molecule has 0 radical (unpaired) electrons. The van der Waals surface area contributed by atoms with Gasteiger partial charge in [0.15, 0.2) is 6.29 Å². The zero-order chi connectivity index (χ0) is 13.9. The van der Waals surface area contributed by atoms with Gasteiger partial charge in [0.1, 0.15) is 11.9 Å². The Labute approximate surface area is 97.3 Å².